The van der Waals surface area contributed by atoms with Crippen molar-refractivity contribution in [3.05, 3.63) is 36.5 Å². The summed E-state index contributed by atoms with van der Waals surface area (Å²) in [6, 6.07) is 3.97. The monoisotopic (exact) mass is 378 g/mol. The van der Waals surface area contributed by atoms with E-state index < -0.39 is 10.0 Å². The SMILES string of the molecule is Cn1cnc(S(=O)(=O)N2Cc3cccn3C[C@H](CCOCC3CC3)C2)c1. The largest absolute Gasteiger partial charge is 0.381 e. The molecule has 2 aliphatic rings. The van der Waals surface area contributed by atoms with Crippen LogP contribution in [0.2, 0.25) is 0 Å². The first-order valence-corrected chi connectivity index (χ1v) is 10.7. The van der Waals surface area contributed by atoms with Gasteiger partial charge in [0.25, 0.3) is 10.0 Å². The second kappa shape index (κ2) is 7.17. The van der Waals surface area contributed by atoms with Gasteiger partial charge in [-0.25, -0.2) is 13.4 Å². The van der Waals surface area contributed by atoms with Crippen molar-refractivity contribution < 1.29 is 13.2 Å². The summed E-state index contributed by atoms with van der Waals surface area (Å²) in [5.74, 6) is 0.975. The van der Waals surface area contributed by atoms with Crippen LogP contribution in [-0.4, -0.2) is 46.6 Å². The van der Waals surface area contributed by atoms with Crippen molar-refractivity contribution in [2.75, 3.05) is 19.8 Å². The minimum atomic E-state index is -3.60. The molecule has 3 heterocycles. The average Bonchev–Trinajstić information content (AvgIpc) is 3.22. The molecule has 1 atom stereocenters. The third kappa shape index (κ3) is 3.87. The summed E-state index contributed by atoms with van der Waals surface area (Å²) in [5, 5.41) is 0.115. The van der Waals surface area contributed by atoms with Gasteiger partial charge in [-0.3, -0.25) is 0 Å². The van der Waals surface area contributed by atoms with Crippen molar-refractivity contribution in [2.45, 2.75) is 37.4 Å². The Bertz CT molecular complexity index is 853. The van der Waals surface area contributed by atoms with Gasteiger partial charge in [-0.05, 0) is 43.2 Å². The molecule has 1 saturated carbocycles. The lowest BCUT2D eigenvalue weighted by atomic mass is 10.1. The molecule has 8 heteroatoms. The van der Waals surface area contributed by atoms with E-state index in [0.717, 1.165) is 31.2 Å². The van der Waals surface area contributed by atoms with E-state index in [9.17, 15) is 8.42 Å². The van der Waals surface area contributed by atoms with Crippen molar-refractivity contribution in [1.29, 1.82) is 0 Å². The smallest absolute Gasteiger partial charge is 0.262 e. The van der Waals surface area contributed by atoms with Crippen molar-refractivity contribution in [1.82, 2.24) is 18.4 Å². The molecule has 0 spiro atoms. The second-order valence-electron chi connectivity index (χ2n) is 7.50. The molecule has 4 rings (SSSR count). The molecule has 0 unspecified atom stereocenters. The Kier molecular flexibility index (Phi) is 4.90. The Morgan fingerprint density at radius 2 is 2.12 bits per heavy atom. The Morgan fingerprint density at radius 1 is 1.27 bits per heavy atom. The van der Waals surface area contributed by atoms with E-state index >= 15 is 0 Å². The fourth-order valence-corrected chi connectivity index (χ4v) is 4.90. The molecule has 2 aromatic rings. The normalized spacial score (nSPS) is 21.5. The number of ether oxygens (including phenoxy) is 1. The second-order valence-corrected chi connectivity index (χ2v) is 9.38. The number of fused-ring (bicyclic) bond motifs is 1. The van der Waals surface area contributed by atoms with E-state index in [-0.39, 0.29) is 10.9 Å². The third-order valence-electron chi connectivity index (χ3n) is 5.18. The van der Waals surface area contributed by atoms with Gasteiger partial charge in [0.05, 0.1) is 12.9 Å². The van der Waals surface area contributed by atoms with Crippen molar-refractivity contribution in [3.63, 3.8) is 0 Å². The molecule has 1 aliphatic heterocycles. The van der Waals surface area contributed by atoms with Crippen LogP contribution in [0.5, 0.6) is 0 Å². The number of hydrogen-bond donors (Lipinski definition) is 0. The van der Waals surface area contributed by atoms with E-state index in [1.807, 2.05) is 18.3 Å². The number of hydrogen-bond acceptors (Lipinski definition) is 4. The van der Waals surface area contributed by atoms with E-state index in [4.69, 9.17) is 4.74 Å². The van der Waals surface area contributed by atoms with Crippen LogP contribution < -0.4 is 0 Å². The number of nitrogens with zero attached hydrogens (tertiary/aromatic N) is 4. The molecule has 0 aromatic carbocycles. The number of imidazole rings is 1. The fraction of sp³-hybridized carbons (Fsp3) is 0.611. The topological polar surface area (TPSA) is 69.4 Å². The Hall–Kier alpha value is -1.64. The molecular formula is C18H26N4O3S. The van der Waals surface area contributed by atoms with Gasteiger partial charge < -0.3 is 13.9 Å². The lowest BCUT2D eigenvalue weighted by molar-refractivity contribution is 0.106. The quantitative estimate of drug-likeness (QED) is 0.690. The Labute approximate surface area is 154 Å². The van der Waals surface area contributed by atoms with Gasteiger partial charge in [-0.2, -0.15) is 4.31 Å². The molecule has 2 aromatic heterocycles. The predicted molar refractivity (Wildman–Crippen MR) is 96.9 cm³/mol. The molecule has 0 bridgehead atoms. The van der Waals surface area contributed by atoms with Crippen LogP contribution in [0.3, 0.4) is 0 Å². The third-order valence-corrected chi connectivity index (χ3v) is 6.88. The van der Waals surface area contributed by atoms with Crippen molar-refractivity contribution >= 4 is 10.0 Å². The summed E-state index contributed by atoms with van der Waals surface area (Å²) in [5.41, 5.74) is 1.02. The number of rotatable bonds is 7. The van der Waals surface area contributed by atoms with Gasteiger partial charge >= 0.3 is 0 Å². The zero-order valence-electron chi connectivity index (χ0n) is 15.1. The number of aromatic nitrogens is 3. The lowest BCUT2D eigenvalue weighted by Crippen LogP contribution is -2.34. The maximum atomic E-state index is 13.1. The summed E-state index contributed by atoms with van der Waals surface area (Å²) >= 11 is 0. The summed E-state index contributed by atoms with van der Waals surface area (Å²) in [6.45, 7) is 3.23. The highest BCUT2D eigenvalue weighted by molar-refractivity contribution is 7.89. The highest BCUT2D eigenvalue weighted by Crippen LogP contribution is 2.29. The van der Waals surface area contributed by atoms with E-state index in [1.165, 1.54) is 19.2 Å². The van der Waals surface area contributed by atoms with Crippen molar-refractivity contribution in [2.24, 2.45) is 18.9 Å². The van der Waals surface area contributed by atoms with Gasteiger partial charge in [0, 0.05) is 51.4 Å². The molecule has 142 valence electrons. The highest BCUT2D eigenvalue weighted by atomic mass is 32.2. The van der Waals surface area contributed by atoms with Gasteiger partial charge in [-0.15, -0.1) is 0 Å². The maximum Gasteiger partial charge on any atom is 0.262 e. The first-order valence-electron chi connectivity index (χ1n) is 9.22. The molecule has 7 nitrogen and oxygen atoms in total. The first-order chi connectivity index (χ1) is 12.5. The number of aryl methyl sites for hydroxylation is 1. The fourth-order valence-electron chi connectivity index (χ4n) is 3.44. The van der Waals surface area contributed by atoms with Crippen LogP contribution >= 0.6 is 0 Å². The molecular weight excluding hydrogens is 352 g/mol. The van der Waals surface area contributed by atoms with Crippen LogP contribution in [0, 0.1) is 11.8 Å². The molecule has 26 heavy (non-hydrogen) atoms. The summed E-state index contributed by atoms with van der Waals surface area (Å²) < 4.78 is 37.3. The first kappa shape index (κ1) is 17.8. The predicted octanol–water partition coefficient (Wildman–Crippen LogP) is 1.86. The molecule has 0 saturated heterocycles. The molecule has 0 N–H and O–H groups in total. The van der Waals surface area contributed by atoms with Gasteiger partial charge in [0.15, 0.2) is 5.03 Å². The van der Waals surface area contributed by atoms with Gasteiger partial charge in [-0.1, -0.05) is 0 Å². The minimum Gasteiger partial charge on any atom is -0.381 e. The van der Waals surface area contributed by atoms with Crippen LogP contribution in [0.15, 0.2) is 35.9 Å². The van der Waals surface area contributed by atoms with Crippen molar-refractivity contribution in [3.8, 4) is 0 Å². The summed E-state index contributed by atoms with van der Waals surface area (Å²) in [7, 11) is -1.83. The maximum absolute atomic E-state index is 13.1. The molecule has 0 amide bonds. The van der Waals surface area contributed by atoms with Crippen LogP contribution in [0.4, 0.5) is 0 Å². The Morgan fingerprint density at radius 3 is 2.85 bits per heavy atom. The zero-order valence-corrected chi connectivity index (χ0v) is 15.9. The minimum absolute atomic E-state index is 0.115. The molecule has 0 radical (unpaired) electrons. The van der Waals surface area contributed by atoms with Gasteiger partial charge in [0.2, 0.25) is 0 Å². The summed E-state index contributed by atoms with van der Waals surface area (Å²) in [4.78, 5) is 4.07. The van der Waals surface area contributed by atoms with E-state index in [1.54, 1.807) is 22.1 Å². The Balaban J connectivity index is 1.50. The van der Waals surface area contributed by atoms with Crippen LogP contribution in [0.25, 0.3) is 0 Å². The zero-order chi connectivity index (χ0) is 18.1. The average molecular weight is 378 g/mol. The highest BCUT2D eigenvalue weighted by Gasteiger charge is 2.32. The summed E-state index contributed by atoms with van der Waals surface area (Å²) in [6.07, 6.45) is 8.55. The van der Waals surface area contributed by atoms with Crippen LogP contribution in [-0.2, 0) is 34.9 Å². The lowest BCUT2D eigenvalue weighted by Gasteiger charge is -2.22. The van der Waals surface area contributed by atoms with Gasteiger partial charge in [0.1, 0.15) is 0 Å². The number of sulfonamides is 1. The molecule has 1 fully saturated rings. The van der Waals surface area contributed by atoms with E-state index in [2.05, 4.69) is 9.55 Å². The van der Waals surface area contributed by atoms with E-state index in [0.29, 0.717) is 19.7 Å². The van der Waals surface area contributed by atoms with Crippen LogP contribution in [0.1, 0.15) is 25.0 Å². The molecule has 1 aliphatic carbocycles. The standard InChI is InChI=1S/C18H26N4O3S/c1-20-12-18(19-14-20)26(23,24)22-10-16(6-8-25-13-15-4-5-15)9-21-7-2-3-17(21)11-22/h2-3,7,12,14-16H,4-6,8-11,13H2,1H3/t16-/m0/s1.